The van der Waals surface area contributed by atoms with Crippen LogP contribution in [0.15, 0.2) is 11.1 Å². The van der Waals surface area contributed by atoms with Crippen molar-refractivity contribution in [2.75, 3.05) is 11.9 Å². The number of amides is 2. The van der Waals surface area contributed by atoms with E-state index in [1.165, 1.54) is 18.3 Å². The number of nitrogens with one attached hydrogen (secondary N) is 1. The van der Waals surface area contributed by atoms with E-state index in [-0.39, 0.29) is 11.5 Å². The quantitative estimate of drug-likeness (QED) is 0.845. The van der Waals surface area contributed by atoms with Gasteiger partial charge in [-0.1, -0.05) is 0 Å². The average Bonchev–Trinajstić information content (AvgIpc) is 2.97. The SMILES string of the molecule is CC(=O)N1CCc2c(sc(NC(=O)C3=C(C(=O)O)CCCC3)c2C#N)C1. The smallest absolute Gasteiger partial charge is 0.332 e. The topological polar surface area (TPSA) is 110 Å². The summed E-state index contributed by atoms with van der Waals surface area (Å²) < 4.78 is 0. The fourth-order valence-corrected chi connectivity index (χ4v) is 4.66. The first-order valence-electron chi connectivity index (χ1n) is 8.49. The van der Waals surface area contributed by atoms with Crippen LogP contribution in [0.5, 0.6) is 0 Å². The van der Waals surface area contributed by atoms with E-state index in [0.717, 1.165) is 23.3 Å². The zero-order valence-corrected chi connectivity index (χ0v) is 15.2. The molecular weight excluding hydrogens is 354 g/mol. The van der Waals surface area contributed by atoms with Crippen molar-refractivity contribution in [2.45, 2.75) is 45.6 Å². The van der Waals surface area contributed by atoms with Crippen molar-refractivity contribution < 1.29 is 19.5 Å². The largest absolute Gasteiger partial charge is 0.478 e. The van der Waals surface area contributed by atoms with Gasteiger partial charge in [0, 0.05) is 29.5 Å². The van der Waals surface area contributed by atoms with Crippen LogP contribution in [0, 0.1) is 11.3 Å². The Morgan fingerprint density at radius 3 is 2.50 bits per heavy atom. The molecule has 0 atom stereocenters. The minimum atomic E-state index is -1.06. The highest BCUT2D eigenvalue weighted by molar-refractivity contribution is 7.16. The van der Waals surface area contributed by atoms with Crippen molar-refractivity contribution in [3.63, 3.8) is 0 Å². The zero-order chi connectivity index (χ0) is 18.8. The number of carboxylic acids is 1. The third kappa shape index (κ3) is 3.35. The molecule has 1 aliphatic heterocycles. The van der Waals surface area contributed by atoms with Gasteiger partial charge in [0.2, 0.25) is 5.91 Å². The monoisotopic (exact) mass is 373 g/mol. The summed E-state index contributed by atoms with van der Waals surface area (Å²) in [5.74, 6) is -1.52. The molecule has 0 fully saturated rings. The minimum absolute atomic E-state index is 0.0217. The standard InChI is InChI=1S/C18H19N3O4S/c1-10(22)21-7-6-11-14(8-19)17(26-15(11)9-21)20-16(23)12-4-2-3-5-13(12)18(24)25/h2-7,9H2,1H3,(H,20,23)(H,24,25). The number of fused-ring (bicyclic) bond motifs is 1. The molecule has 1 aromatic heterocycles. The van der Waals surface area contributed by atoms with Gasteiger partial charge in [-0.25, -0.2) is 4.79 Å². The molecule has 3 rings (SSSR count). The third-order valence-electron chi connectivity index (χ3n) is 4.84. The first kappa shape index (κ1) is 18.1. The van der Waals surface area contributed by atoms with Crippen LogP contribution in [0.4, 0.5) is 5.00 Å². The highest BCUT2D eigenvalue weighted by Crippen LogP contribution is 2.37. The fraction of sp³-hybridized carbons (Fsp3) is 0.444. The number of aliphatic carboxylic acids is 1. The number of nitriles is 1. The van der Waals surface area contributed by atoms with Crippen molar-refractivity contribution in [3.8, 4) is 6.07 Å². The van der Waals surface area contributed by atoms with Gasteiger partial charge in [0.1, 0.15) is 11.1 Å². The van der Waals surface area contributed by atoms with Gasteiger partial charge in [0.05, 0.1) is 12.1 Å². The molecule has 2 aliphatic rings. The van der Waals surface area contributed by atoms with Gasteiger partial charge in [-0.3, -0.25) is 9.59 Å². The molecule has 2 heterocycles. The normalized spacial score (nSPS) is 16.7. The average molecular weight is 373 g/mol. The van der Waals surface area contributed by atoms with Crippen LogP contribution < -0.4 is 5.32 Å². The number of nitrogens with zero attached hydrogens (tertiary/aromatic N) is 2. The number of carbonyl (C=O) groups is 3. The zero-order valence-electron chi connectivity index (χ0n) is 14.4. The van der Waals surface area contributed by atoms with Crippen LogP contribution in [0.3, 0.4) is 0 Å². The second-order valence-electron chi connectivity index (χ2n) is 6.43. The number of carbonyl (C=O) groups excluding carboxylic acids is 2. The lowest BCUT2D eigenvalue weighted by Crippen LogP contribution is -2.33. The molecule has 0 spiro atoms. The molecule has 0 bridgehead atoms. The van der Waals surface area contributed by atoms with Crippen molar-refractivity contribution >= 4 is 34.1 Å². The molecule has 8 heteroatoms. The van der Waals surface area contributed by atoms with Crippen LogP contribution in [-0.4, -0.2) is 34.3 Å². The fourth-order valence-electron chi connectivity index (χ4n) is 3.45. The maximum Gasteiger partial charge on any atom is 0.332 e. The van der Waals surface area contributed by atoms with E-state index in [1.54, 1.807) is 4.90 Å². The highest BCUT2D eigenvalue weighted by atomic mass is 32.1. The van der Waals surface area contributed by atoms with Gasteiger partial charge < -0.3 is 15.3 Å². The Balaban J connectivity index is 1.89. The van der Waals surface area contributed by atoms with Crippen LogP contribution in [0.1, 0.15) is 48.6 Å². The Morgan fingerprint density at radius 1 is 1.19 bits per heavy atom. The second-order valence-corrected chi connectivity index (χ2v) is 7.54. The molecule has 2 N–H and O–H groups in total. The van der Waals surface area contributed by atoms with Crippen molar-refractivity contribution in [1.29, 1.82) is 5.26 Å². The van der Waals surface area contributed by atoms with Crippen molar-refractivity contribution in [2.24, 2.45) is 0 Å². The molecule has 26 heavy (non-hydrogen) atoms. The van der Waals surface area contributed by atoms with E-state index in [2.05, 4.69) is 11.4 Å². The predicted octanol–water partition coefficient (Wildman–Crippen LogP) is 2.42. The number of hydrogen-bond acceptors (Lipinski definition) is 5. The van der Waals surface area contributed by atoms with E-state index in [9.17, 15) is 24.8 Å². The summed E-state index contributed by atoms with van der Waals surface area (Å²) in [7, 11) is 0. The lowest BCUT2D eigenvalue weighted by atomic mass is 9.91. The van der Waals surface area contributed by atoms with Gasteiger partial charge in [-0.15, -0.1) is 11.3 Å². The van der Waals surface area contributed by atoms with Crippen molar-refractivity contribution in [3.05, 3.63) is 27.2 Å². The van der Waals surface area contributed by atoms with Gasteiger partial charge in [0.15, 0.2) is 0 Å². The Hall–Kier alpha value is -2.66. The van der Waals surface area contributed by atoms with E-state index in [0.29, 0.717) is 48.5 Å². The molecule has 1 aliphatic carbocycles. The van der Waals surface area contributed by atoms with Gasteiger partial charge in [-0.05, 0) is 37.7 Å². The number of hydrogen-bond donors (Lipinski definition) is 2. The molecule has 2 amide bonds. The molecule has 7 nitrogen and oxygen atoms in total. The predicted molar refractivity (Wildman–Crippen MR) is 95.6 cm³/mol. The minimum Gasteiger partial charge on any atom is -0.478 e. The number of carboxylic acid groups (broad SMARTS) is 1. The Kier molecular flexibility index (Phi) is 5.09. The summed E-state index contributed by atoms with van der Waals surface area (Å²) >= 11 is 1.29. The number of rotatable bonds is 3. The van der Waals surface area contributed by atoms with E-state index in [1.807, 2.05) is 0 Å². The van der Waals surface area contributed by atoms with Crippen LogP contribution >= 0.6 is 11.3 Å². The molecule has 0 saturated carbocycles. The van der Waals surface area contributed by atoms with E-state index < -0.39 is 11.9 Å². The van der Waals surface area contributed by atoms with E-state index in [4.69, 9.17) is 0 Å². The van der Waals surface area contributed by atoms with Crippen LogP contribution in [-0.2, 0) is 27.3 Å². The summed E-state index contributed by atoms with van der Waals surface area (Å²) in [5, 5.41) is 22.0. The Labute approximate surface area is 154 Å². The summed E-state index contributed by atoms with van der Waals surface area (Å²) in [6.45, 7) is 2.49. The summed E-state index contributed by atoms with van der Waals surface area (Å²) in [5.41, 5.74) is 1.76. The molecule has 1 aromatic rings. The van der Waals surface area contributed by atoms with Gasteiger partial charge in [-0.2, -0.15) is 5.26 Å². The number of thiophene rings is 1. The molecule has 136 valence electrons. The molecule has 0 saturated heterocycles. The Bertz CT molecular complexity index is 863. The van der Waals surface area contributed by atoms with E-state index >= 15 is 0 Å². The first-order valence-corrected chi connectivity index (χ1v) is 9.30. The lowest BCUT2D eigenvalue weighted by Gasteiger charge is -2.25. The van der Waals surface area contributed by atoms with Crippen molar-refractivity contribution in [1.82, 2.24) is 4.90 Å². The first-order chi connectivity index (χ1) is 12.4. The Morgan fingerprint density at radius 2 is 1.88 bits per heavy atom. The maximum atomic E-state index is 12.6. The molecule has 0 radical (unpaired) electrons. The lowest BCUT2D eigenvalue weighted by molar-refractivity contribution is -0.133. The van der Waals surface area contributed by atoms with Gasteiger partial charge in [0.25, 0.3) is 5.91 Å². The number of anilines is 1. The summed E-state index contributed by atoms with van der Waals surface area (Å²) in [6.07, 6.45) is 2.93. The molecule has 0 unspecified atom stereocenters. The van der Waals surface area contributed by atoms with Crippen LogP contribution in [0.25, 0.3) is 0 Å². The summed E-state index contributed by atoms with van der Waals surface area (Å²) in [4.78, 5) is 38.2. The molecule has 0 aromatic carbocycles. The highest BCUT2D eigenvalue weighted by Gasteiger charge is 2.28. The third-order valence-corrected chi connectivity index (χ3v) is 5.97. The van der Waals surface area contributed by atoms with Gasteiger partial charge >= 0.3 is 5.97 Å². The molecular formula is C18H19N3O4S. The van der Waals surface area contributed by atoms with Crippen LogP contribution in [0.2, 0.25) is 0 Å². The summed E-state index contributed by atoms with van der Waals surface area (Å²) in [6, 6.07) is 2.15. The second kappa shape index (κ2) is 7.30. The maximum absolute atomic E-state index is 12.6.